The van der Waals surface area contributed by atoms with Crippen LogP contribution in [0.3, 0.4) is 0 Å². The van der Waals surface area contributed by atoms with E-state index in [0.717, 1.165) is 9.35 Å². The molecule has 0 unspecified atom stereocenters. The summed E-state index contributed by atoms with van der Waals surface area (Å²) in [4.78, 5) is 38.6. The van der Waals surface area contributed by atoms with Crippen molar-refractivity contribution in [3.63, 3.8) is 0 Å². The molecule has 0 aliphatic rings. The average Bonchev–Trinajstić information content (AvgIpc) is 3.37. The lowest BCUT2D eigenvalue weighted by Crippen LogP contribution is -2.37. The minimum absolute atomic E-state index is 0.0470. The molecule has 3 rings (SSSR count). The summed E-state index contributed by atoms with van der Waals surface area (Å²) in [6, 6.07) is 12.5. The summed E-state index contributed by atoms with van der Waals surface area (Å²) in [5.41, 5.74) is 1.46. The molecule has 0 aliphatic carbocycles. The summed E-state index contributed by atoms with van der Waals surface area (Å²) in [6.45, 7) is 0.359. The van der Waals surface area contributed by atoms with E-state index in [1.807, 2.05) is 6.07 Å². The van der Waals surface area contributed by atoms with Crippen LogP contribution in [-0.4, -0.2) is 46.0 Å². The summed E-state index contributed by atoms with van der Waals surface area (Å²) in [5.74, 6) is -0.669. The van der Waals surface area contributed by atoms with Gasteiger partial charge in [0.2, 0.25) is 11.8 Å². The SMILES string of the molecule is CN(CC(=O)NCc1cccc(NC(=O)Cn2cccn2)c1)C(=O)c1ccc(Br)s1. The van der Waals surface area contributed by atoms with E-state index in [4.69, 9.17) is 0 Å². The second-order valence-electron chi connectivity index (χ2n) is 6.49. The Bertz CT molecular complexity index is 1030. The topological polar surface area (TPSA) is 96.3 Å². The number of anilines is 1. The molecule has 10 heteroatoms. The van der Waals surface area contributed by atoms with Crippen LogP contribution in [0.25, 0.3) is 0 Å². The smallest absolute Gasteiger partial charge is 0.264 e. The van der Waals surface area contributed by atoms with Gasteiger partial charge in [0, 0.05) is 31.7 Å². The van der Waals surface area contributed by atoms with Crippen molar-refractivity contribution in [2.24, 2.45) is 0 Å². The Morgan fingerprint density at radius 1 is 1.17 bits per heavy atom. The number of benzene rings is 1. The highest BCUT2D eigenvalue weighted by Gasteiger charge is 2.16. The van der Waals surface area contributed by atoms with Gasteiger partial charge in [0.05, 0.1) is 15.2 Å². The molecule has 0 bridgehead atoms. The predicted molar refractivity (Wildman–Crippen MR) is 118 cm³/mol. The first-order valence-corrected chi connectivity index (χ1v) is 10.7. The maximum Gasteiger partial charge on any atom is 0.264 e. The van der Waals surface area contributed by atoms with Gasteiger partial charge in [0.25, 0.3) is 5.91 Å². The standard InChI is InChI=1S/C20H20BrN5O3S/c1-25(20(29)16-6-7-17(21)30-16)12-18(27)22-11-14-4-2-5-15(10-14)24-19(28)13-26-9-3-8-23-26/h2-10H,11-13H2,1H3,(H,22,27)(H,24,28). The summed E-state index contributed by atoms with van der Waals surface area (Å²) >= 11 is 4.65. The quantitative estimate of drug-likeness (QED) is 0.508. The first kappa shape index (κ1) is 21.7. The first-order chi connectivity index (χ1) is 14.4. The van der Waals surface area contributed by atoms with Crippen LogP contribution in [0.4, 0.5) is 5.69 Å². The highest BCUT2D eigenvalue weighted by molar-refractivity contribution is 9.11. The zero-order valence-corrected chi connectivity index (χ0v) is 18.6. The van der Waals surface area contributed by atoms with E-state index < -0.39 is 0 Å². The molecule has 0 atom stereocenters. The van der Waals surface area contributed by atoms with Crippen LogP contribution in [-0.2, 0) is 22.7 Å². The van der Waals surface area contributed by atoms with Gasteiger partial charge in [-0.25, -0.2) is 0 Å². The van der Waals surface area contributed by atoms with Crippen molar-refractivity contribution in [3.8, 4) is 0 Å². The van der Waals surface area contributed by atoms with Gasteiger partial charge in [-0.2, -0.15) is 5.10 Å². The third kappa shape index (κ3) is 6.26. The van der Waals surface area contributed by atoms with E-state index in [0.29, 0.717) is 10.6 Å². The highest BCUT2D eigenvalue weighted by Crippen LogP contribution is 2.23. The van der Waals surface area contributed by atoms with Gasteiger partial charge < -0.3 is 15.5 Å². The number of thiophene rings is 1. The van der Waals surface area contributed by atoms with Gasteiger partial charge >= 0.3 is 0 Å². The molecule has 3 amide bonds. The lowest BCUT2D eigenvalue weighted by atomic mass is 10.2. The second kappa shape index (κ2) is 10.2. The molecule has 0 fully saturated rings. The molecule has 2 aromatic heterocycles. The van der Waals surface area contributed by atoms with Crippen molar-refractivity contribution in [3.05, 3.63) is 69.1 Å². The Kier molecular flexibility index (Phi) is 7.36. The Morgan fingerprint density at radius 3 is 2.70 bits per heavy atom. The summed E-state index contributed by atoms with van der Waals surface area (Å²) in [7, 11) is 1.59. The zero-order valence-electron chi connectivity index (χ0n) is 16.2. The zero-order chi connectivity index (χ0) is 21.5. The molecule has 30 heavy (non-hydrogen) atoms. The molecule has 1 aromatic carbocycles. The molecule has 0 saturated heterocycles. The summed E-state index contributed by atoms with van der Waals surface area (Å²) in [6.07, 6.45) is 3.32. The van der Waals surface area contributed by atoms with Gasteiger partial charge in [-0.3, -0.25) is 19.1 Å². The van der Waals surface area contributed by atoms with Crippen molar-refractivity contribution >= 4 is 50.7 Å². The van der Waals surface area contributed by atoms with Crippen LogP contribution in [0.5, 0.6) is 0 Å². The Labute approximate surface area is 186 Å². The number of hydrogen-bond donors (Lipinski definition) is 2. The number of aromatic nitrogens is 2. The number of carbonyl (C=O) groups is 3. The monoisotopic (exact) mass is 489 g/mol. The minimum atomic E-state index is -0.269. The molecule has 0 spiro atoms. The number of halogens is 1. The molecular formula is C20H20BrN5O3S. The maximum absolute atomic E-state index is 12.3. The second-order valence-corrected chi connectivity index (χ2v) is 8.96. The van der Waals surface area contributed by atoms with E-state index >= 15 is 0 Å². The van der Waals surface area contributed by atoms with E-state index in [2.05, 4.69) is 31.7 Å². The van der Waals surface area contributed by atoms with Gasteiger partial charge in [-0.1, -0.05) is 12.1 Å². The Balaban J connectivity index is 1.48. The van der Waals surface area contributed by atoms with Gasteiger partial charge in [-0.15, -0.1) is 11.3 Å². The van der Waals surface area contributed by atoms with Crippen LogP contribution in [0.15, 0.2) is 58.6 Å². The van der Waals surface area contributed by atoms with E-state index in [1.165, 1.54) is 20.9 Å². The van der Waals surface area contributed by atoms with E-state index in [1.54, 1.807) is 55.8 Å². The normalized spacial score (nSPS) is 10.5. The van der Waals surface area contributed by atoms with Crippen molar-refractivity contribution in [1.82, 2.24) is 20.0 Å². The number of nitrogens with one attached hydrogen (secondary N) is 2. The Morgan fingerprint density at radius 2 is 2.00 bits per heavy atom. The van der Waals surface area contributed by atoms with Gasteiger partial charge in [0.1, 0.15) is 6.54 Å². The van der Waals surface area contributed by atoms with Crippen molar-refractivity contribution in [2.75, 3.05) is 18.9 Å². The molecule has 2 heterocycles. The van der Waals surface area contributed by atoms with Crippen LogP contribution in [0.2, 0.25) is 0 Å². The molecular weight excluding hydrogens is 470 g/mol. The Hall–Kier alpha value is -2.98. The predicted octanol–water partition coefficient (Wildman–Crippen LogP) is 2.73. The number of hydrogen-bond acceptors (Lipinski definition) is 5. The van der Waals surface area contributed by atoms with Crippen LogP contribution < -0.4 is 10.6 Å². The van der Waals surface area contributed by atoms with Crippen molar-refractivity contribution < 1.29 is 14.4 Å². The van der Waals surface area contributed by atoms with Crippen LogP contribution in [0, 0.1) is 0 Å². The molecule has 3 aromatic rings. The van der Waals surface area contributed by atoms with Crippen LogP contribution in [0.1, 0.15) is 15.2 Å². The molecule has 0 radical (unpaired) electrons. The van der Waals surface area contributed by atoms with E-state index in [-0.39, 0.29) is 37.4 Å². The number of likely N-dealkylation sites (N-methyl/N-ethyl adjacent to an activating group) is 1. The third-order valence-corrected chi connectivity index (χ3v) is 5.69. The fourth-order valence-corrected chi connectivity index (χ4v) is 4.04. The number of carbonyl (C=O) groups excluding carboxylic acids is 3. The van der Waals surface area contributed by atoms with Crippen LogP contribution >= 0.6 is 27.3 Å². The molecule has 0 saturated carbocycles. The molecule has 156 valence electrons. The summed E-state index contributed by atoms with van der Waals surface area (Å²) in [5, 5.41) is 9.60. The van der Waals surface area contributed by atoms with Crippen molar-refractivity contribution in [1.29, 1.82) is 0 Å². The highest BCUT2D eigenvalue weighted by atomic mass is 79.9. The molecule has 2 N–H and O–H groups in total. The summed E-state index contributed by atoms with van der Waals surface area (Å²) < 4.78 is 2.40. The van der Waals surface area contributed by atoms with Crippen molar-refractivity contribution in [2.45, 2.75) is 13.1 Å². The number of nitrogens with zero attached hydrogens (tertiary/aromatic N) is 3. The molecule has 8 nitrogen and oxygen atoms in total. The lowest BCUT2D eigenvalue weighted by Gasteiger charge is -2.16. The average molecular weight is 490 g/mol. The largest absolute Gasteiger partial charge is 0.350 e. The van der Waals surface area contributed by atoms with Gasteiger partial charge in [0.15, 0.2) is 0 Å². The third-order valence-electron chi connectivity index (χ3n) is 4.08. The van der Waals surface area contributed by atoms with E-state index in [9.17, 15) is 14.4 Å². The van der Waals surface area contributed by atoms with Gasteiger partial charge in [-0.05, 0) is 51.8 Å². The maximum atomic E-state index is 12.3. The minimum Gasteiger partial charge on any atom is -0.350 e. The first-order valence-electron chi connectivity index (χ1n) is 9.04. The fourth-order valence-electron chi connectivity index (χ4n) is 2.66. The molecule has 0 aliphatic heterocycles. The fraction of sp³-hybridized carbons (Fsp3) is 0.200. The number of rotatable bonds is 8. The lowest BCUT2D eigenvalue weighted by molar-refractivity contribution is -0.121. The number of amides is 3.